The lowest BCUT2D eigenvalue weighted by Gasteiger charge is -2.22. The summed E-state index contributed by atoms with van der Waals surface area (Å²) in [5, 5.41) is 10.9. The maximum atomic E-state index is 12.7. The third-order valence-electron chi connectivity index (χ3n) is 3.12. The highest BCUT2D eigenvalue weighted by atomic mass is 16.4. The van der Waals surface area contributed by atoms with Crippen molar-refractivity contribution in [1.29, 1.82) is 0 Å². The molecule has 0 radical (unpaired) electrons. The van der Waals surface area contributed by atoms with Crippen LogP contribution in [0.25, 0.3) is 0 Å². The topological polar surface area (TPSA) is 63.6 Å². The van der Waals surface area contributed by atoms with E-state index in [1.54, 1.807) is 54.6 Å². The molecule has 4 nitrogen and oxygen atoms in total. The summed E-state index contributed by atoms with van der Waals surface area (Å²) in [7, 11) is 0. The van der Waals surface area contributed by atoms with Crippen LogP contribution in [0.3, 0.4) is 0 Å². The molecule has 0 aliphatic heterocycles. The Bertz CT molecular complexity index is 647. The molecule has 0 aliphatic rings. The fourth-order valence-electron chi connectivity index (χ4n) is 2.11. The summed E-state index contributed by atoms with van der Waals surface area (Å²) in [6.45, 7) is 0. The smallest absolute Gasteiger partial charge is 0.243 e. The summed E-state index contributed by atoms with van der Waals surface area (Å²) in [4.78, 5) is 12.7. The van der Waals surface area contributed by atoms with E-state index >= 15 is 0 Å². The van der Waals surface area contributed by atoms with Crippen LogP contribution >= 0.6 is 0 Å². The molecule has 0 amide bonds. The highest BCUT2D eigenvalue weighted by molar-refractivity contribution is 6.04. The van der Waals surface area contributed by atoms with Crippen molar-refractivity contribution in [3.8, 4) is 0 Å². The third kappa shape index (κ3) is 1.87. The van der Waals surface area contributed by atoms with Gasteiger partial charge in [-0.25, -0.2) is 0 Å². The lowest BCUT2D eigenvalue weighted by Crippen LogP contribution is -2.36. The van der Waals surface area contributed by atoms with Crippen LogP contribution in [0.1, 0.15) is 21.9 Å². The number of benzene rings is 1. The summed E-state index contributed by atoms with van der Waals surface area (Å²) >= 11 is 0. The predicted molar refractivity (Wildman–Crippen MR) is 71.2 cm³/mol. The van der Waals surface area contributed by atoms with E-state index in [0.29, 0.717) is 5.56 Å². The number of carbonyl (C=O) groups is 1. The largest absolute Gasteiger partial charge is 0.465 e. The summed E-state index contributed by atoms with van der Waals surface area (Å²) in [5.41, 5.74) is -1.59. The van der Waals surface area contributed by atoms with Gasteiger partial charge in [-0.3, -0.25) is 4.79 Å². The number of Topliss-reactive ketones (excluding diaryl/α,β-unsaturated/α-hetero) is 1. The van der Waals surface area contributed by atoms with E-state index in [9.17, 15) is 9.90 Å². The molecule has 3 aromatic rings. The molecule has 4 heteroatoms. The van der Waals surface area contributed by atoms with Crippen molar-refractivity contribution < 1.29 is 18.7 Å². The molecule has 0 bridgehead atoms. The van der Waals surface area contributed by atoms with E-state index in [4.69, 9.17) is 8.83 Å². The van der Waals surface area contributed by atoms with Gasteiger partial charge in [-0.05, 0) is 24.3 Å². The van der Waals surface area contributed by atoms with Crippen LogP contribution < -0.4 is 0 Å². The van der Waals surface area contributed by atoms with Crippen LogP contribution in [-0.2, 0) is 5.60 Å². The first-order valence-corrected chi connectivity index (χ1v) is 6.13. The number of furan rings is 2. The minimum atomic E-state index is -1.96. The Morgan fingerprint density at radius 3 is 1.85 bits per heavy atom. The Labute approximate surface area is 115 Å². The predicted octanol–water partition coefficient (Wildman–Crippen LogP) is 2.99. The molecule has 0 saturated heterocycles. The molecule has 0 unspecified atom stereocenters. The Hall–Kier alpha value is -2.59. The molecule has 20 heavy (non-hydrogen) atoms. The van der Waals surface area contributed by atoms with Crippen molar-refractivity contribution in [2.45, 2.75) is 5.60 Å². The molecule has 0 fully saturated rings. The maximum absolute atomic E-state index is 12.7. The number of hydrogen-bond acceptors (Lipinski definition) is 4. The summed E-state index contributed by atoms with van der Waals surface area (Å²) in [5.74, 6) is -0.245. The number of hydrogen-bond donors (Lipinski definition) is 1. The van der Waals surface area contributed by atoms with Crippen molar-refractivity contribution in [2.75, 3.05) is 0 Å². The number of ketones is 1. The van der Waals surface area contributed by atoms with Gasteiger partial charge in [0.15, 0.2) is 11.5 Å². The number of carbonyl (C=O) groups excluding carboxylic acids is 1. The van der Waals surface area contributed by atoms with Crippen LogP contribution in [0.5, 0.6) is 0 Å². The monoisotopic (exact) mass is 268 g/mol. The van der Waals surface area contributed by atoms with E-state index in [0.717, 1.165) is 0 Å². The molecule has 1 aromatic carbocycles. The van der Waals surface area contributed by atoms with E-state index in [2.05, 4.69) is 0 Å². The normalized spacial score (nSPS) is 11.4. The Balaban J connectivity index is 2.15. The molecule has 0 spiro atoms. The molecule has 2 aromatic heterocycles. The van der Waals surface area contributed by atoms with Crippen molar-refractivity contribution in [3.05, 3.63) is 84.2 Å². The second kappa shape index (κ2) is 4.83. The maximum Gasteiger partial charge on any atom is 0.243 e. The first-order valence-electron chi connectivity index (χ1n) is 6.13. The van der Waals surface area contributed by atoms with Crippen LogP contribution in [0.4, 0.5) is 0 Å². The zero-order chi connectivity index (χ0) is 14.0. The lowest BCUT2D eigenvalue weighted by atomic mass is 9.88. The molecule has 100 valence electrons. The molecular weight excluding hydrogens is 256 g/mol. The van der Waals surface area contributed by atoms with Crippen LogP contribution in [0.15, 0.2) is 76.0 Å². The van der Waals surface area contributed by atoms with E-state index in [-0.39, 0.29) is 11.5 Å². The van der Waals surface area contributed by atoms with Crippen molar-refractivity contribution in [2.24, 2.45) is 0 Å². The highest BCUT2D eigenvalue weighted by Gasteiger charge is 2.45. The molecular formula is C16H12O4. The van der Waals surface area contributed by atoms with Crippen LogP contribution in [0, 0.1) is 0 Å². The van der Waals surface area contributed by atoms with Crippen molar-refractivity contribution in [3.63, 3.8) is 0 Å². The highest BCUT2D eigenvalue weighted by Crippen LogP contribution is 2.33. The van der Waals surface area contributed by atoms with Crippen LogP contribution in [-0.4, -0.2) is 10.9 Å². The average Bonchev–Trinajstić information content (AvgIpc) is 3.19. The minimum Gasteiger partial charge on any atom is -0.465 e. The van der Waals surface area contributed by atoms with Gasteiger partial charge in [0.1, 0.15) is 0 Å². The Kier molecular flexibility index (Phi) is 3.00. The quantitative estimate of drug-likeness (QED) is 0.739. The van der Waals surface area contributed by atoms with Gasteiger partial charge in [0, 0.05) is 5.56 Å². The van der Waals surface area contributed by atoms with Crippen molar-refractivity contribution >= 4 is 5.78 Å². The SMILES string of the molecule is O=C(c1ccccc1)C(O)(c1ccco1)c1ccco1. The first kappa shape index (κ1) is 12.4. The molecule has 0 atom stereocenters. The van der Waals surface area contributed by atoms with Gasteiger partial charge < -0.3 is 13.9 Å². The standard InChI is InChI=1S/C16H12O4/c17-15(12-6-2-1-3-7-12)16(18,13-8-4-10-19-13)14-9-5-11-20-14/h1-11,18H. The second-order valence-corrected chi connectivity index (χ2v) is 4.36. The summed E-state index contributed by atoms with van der Waals surface area (Å²) in [6, 6.07) is 14.9. The Morgan fingerprint density at radius 2 is 1.40 bits per heavy atom. The van der Waals surface area contributed by atoms with Gasteiger partial charge in [-0.1, -0.05) is 30.3 Å². The summed E-state index contributed by atoms with van der Waals surface area (Å²) in [6.07, 6.45) is 2.81. The van der Waals surface area contributed by atoms with E-state index < -0.39 is 11.4 Å². The van der Waals surface area contributed by atoms with Crippen molar-refractivity contribution in [1.82, 2.24) is 0 Å². The van der Waals surface area contributed by atoms with Gasteiger partial charge in [-0.2, -0.15) is 0 Å². The fraction of sp³-hybridized carbons (Fsp3) is 0.0625. The lowest BCUT2D eigenvalue weighted by molar-refractivity contribution is 0.0294. The zero-order valence-electron chi connectivity index (χ0n) is 10.5. The number of aliphatic hydroxyl groups is 1. The average molecular weight is 268 g/mol. The third-order valence-corrected chi connectivity index (χ3v) is 3.12. The number of rotatable bonds is 4. The zero-order valence-corrected chi connectivity index (χ0v) is 10.5. The van der Waals surface area contributed by atoms with Gasteiger partial charge >= 0.3 is 0 Å². The van der Waals surface area contributed by atoms with Gasteiger partial charge in [0.2, 0.25) is 11.4 Å². The van der Waals surface area contributed by atoms with Gasteiger partial charge in [-0.15, -0.1) is 0 Å². The molecule has 2 heterocycles. The van der Waals surface area contributed by atoms with E-state index in [1.165, 1.54) is 12.5 Å². The summed E-state index contributed by atoms with van der Waals surface area (Å²) < 4.78 is 10.5. The molecule has 0 aliphatic carbocycles. The minimum absolute atomic E-state index is 0.126. The second-order valence-electron chi connectivity index (χ2n) is 4.36. The van der Waals surface area contributed by atoms with Gasteiger partial charge in [0.25, 0.3) is 0 Å². The molecule has 3 rings (SSSR count). The van der Waals surface area contributed by atoms with Crippen LogP contribution in [0.2, 0.25) is 0 Å². The van der Waals surface area contributed by atoms with Gasteiger partial charge in [0.05, 0.1) is 12.5 Å². The fourth-order valence-corrected chi connectivity index (χ4v) is 2.11. The first-order chi connectivity index (χ1) is 9.73. The Morgan fingerprint density at radius 1 is 0.850 bits per heavy atom. The molecule has 1 N–H and O–H groups in total. The molecule has 0 saturated carbocycles. The van der Waals surface area contributed by atoms with E-state index in [1.807, 2.05) is 0 Å².